The fraction of sp³-hybridized carbons (Fsp3) is 0.538. The second-order valence-corrected chi connectivity index (χ2v) is 4.62. The fourth-order valence-electron chi connectivity index (χ4n) is 1.71. The number of carboxylic acid groups (broad SMARTS) is 1. The smallest absolute Gasteiger partial charge is 0.339 e. The number of aromatic carboxylic acids is 1. The molecule has 1 aromatic rings. The highest BCUT2D eigenvalue weighted by molar-refractivity contribution is 5.93. The van der Waals surface area contributed by atoms with Crippen LogP contribution in [0.3, 0.4) is 0 Å². The van der Waals surface area contributed by atoms with Crippen LogP contribution in [-0.2, 0) is 4.74 Å². The van der Waals surface area contributed by atoms with Gasteiger partial charge >= 0.3 is 5.97 Å². The molecule has 0 saturated heterocycles. The summed E-state index contributed by atoms with van der Waals surface area (Å²) in [4.78, 5) is 17.0. The molecule has 1 fully saturated rings. The van der Waals surface area contributed by atoms with Crippen molar-refractivity contribution in [1.82, 2.24) is 4.98 Å². The van der Waals surface area contributed by atoms with E-state index in [1.165, 1.54) is 12.8 Å². The molecule has 0 aromatic carbocycles. The van der Waals surface area contributed by atoms with E-state index in [2.05, 4.69) is 4.98 Å². The first-order valence-corrected chi connectivity index (χ1v) is 6.15. The molecule has 0 aliphatic heterocycles. The standard InChI is InChI=1S/C13H18N2O3/c1-15(7-8-18-9-10-4-5-10)12-11(13(16)17)3-2-6-14-12/h2-3,6,10H,4-5,7-9H2,1H3,(H,16,17). The summed E-state index contributed by atoms with van der Waals surface area (Å²) < 4.78 is 5.53. The highest BCUT2D eigenvalue weighted by Crippen LogP contribution is 2.28. The van der Waals surface area contributed by atoms with Gasteiger partial charge in [0.05, 0.1) is 6.61 Å². The van der Waals surface area contributed by atoms with E-state index in [1.807, 2.05) is 11.9 Å². The zero-order valence-electron chi connectivity index (χ0n) is 10.5. The number of nitrogens with zero attached hydrogens (tertiary/aromatic N) is 2. The van der Waals surface area contributed by atoms with Crippen molar-refractivity contribution in [3.05, 3.63) is 23.9 Å². The Kier molecular flexibility index (Phi) is 4.15. The molecule has 0 atom stereocenters. The molecule has 1 aliphatic carbocycles. The minimum absolute atomic E-state index is 0.224. The minimum atomic E-state index is -0.955. The van der Waals surface area contributed by atoms with E-state index in [0.29, 0.717) is 19.0 Å². The Labute approximate surface area is 106 Å². The monoisotopic (exact) mass is 250 g/mol. The number of carbonyl (C=O) groups is 1. The zero-order valence-corrected chi connectivity index (χ0v) is 10.5. The van der Waals surface area contributed by atoms with Crippen LogP contribution in [0.5, 0.6) is 0 Å². The van der Waals surface area contributed by atoms with Gasteiger partial charge in [-0.1, -0.05) is 0 Å². The summed E-state index contributed by atoms with van der Waals surface area (Å²) in [5, 5.41) is 9.07. The largest absolute Gasteiger partial charge is 0.478 e. The summed E-state index contributed by atoms with van der Waals surface area (Å²) >= 11 is 0. The molecule has 18 heavy (non-hydrogen) atoms. The van der Waals surface area contributed by atoms with Gasteiger partial charge in [-0.3, -0.25) is 0 Å². The molecular weight excluding hydrogens is 232 g/mol. The molecular formula is C13H18N2O3. The van der Waals surface area contributed by atoms with Gasteiger partial charge in [-0.2, -0.15) is 0 Å². The zero-order chi connectivity index (χ0) is 13.0. The van der Waals surface area contributed by atoms with Gasteiger partial charge in [0.1, 0.15) is 11.4 Å². The van der Waals surface area contributed by atoms with Gasteiger partial charge in [0, 0.05) is 26.4 Å². The third-order valence-electron chi connectivity index (χ3n) is 3.00. The number of anilines is 1. The molecule has 0 amide bonds. The highest BCUT2D eigenvalue weighted by atomic mass is 16.5. The lowest BCUT2D eigenvalue weighted by Gasteiger charge is -2.19. The third-order valence-corrected chi connectivity index (χ3v) is 3.00. The molecule has 5 nitrogen and oxygen atoms in total. The maximum absolute atomic E-state index is 11.1. The number of ether oxygens (including phenoxy) is 1. The van der Waals surface area contributed by atoms with Crippen molar-refractivity contribution in [2.45, 2.75) is 12.8 Å². The van der Waals surface area contributed by atoms with Crippen LogP contribution in [0.4, 0.5) is 5.82 Å². The first-order valence-electron chi connectivity index (χ1n) is 6.15. The Morgan fingerprint density at radius 3 is 3.06 bits per heavy atom. The molecule has 1 aliphatic rings. The van der Waals surface area contributed by atoms with E-state index in [4.69, 9.17) is 9.84 Å². The lowest BCUT2D eigenvalue weighted by molar-refractivity contribution is 0.0697. The average molecular weight is 250 g/mol. The van der Waals surface area contributed by atoms with E-state index in [1.54, 1.807) is 18.3 Å². The van der Waals surface area contributed by atoms with Crippen molar-refractivity contribution in [3.8, 4) is 0 Å². The number of hydrogen-bond donors (Lipinski definition) is 1. The Balaban J connectivity index is 1.86. The van der Waals surface area contributed by atoms with Crippen LogP contribution in [0.2, 0.25) is 0 Å². The molecule has 2 rings (SSSR count). The van der Waals surface area contributed by atoms with E-state index in [-0.39, 0.29) is 5.56 Å². The first kappa shape index (κ1) is 12.8. The minimum Gasteiger partial charge on any atom is -0.478 e. The second-order valence-electron chi connectivity index (χ2n) is 4.62. The predicted molar refractivity (Wildman–Crippen MR) is 68.0 cm³/mol. The maximum atomic E-state index is 11.1. The molecule has 0 radical (unpaired) electrons. The second kappa shape index (κ2) is 5.82. The SMILES string of the molecule is CN(CCOCC1CC1)c1ncccc1C(=O)O. The van der Waals surface area contributed by atoms with Gasteiger partial charge in [-0.15, -0.1) is 0 Å². The molecule has 1 saturated carbocycles. The normalized spacial score (nSPS) is 14.5. The van der Waals surface area contributed by atoms with Crippen LogP contribution >= 0.6 is 0 Å². The summed E-state index contributed by atoms with van der Waals surface area (Å²) in [6.07, 6.45) is 4.15. The van der Waals surface area contributed by atoms with Crippen molar-refractivity contribution < 1.29 is 14.6 Å². The van der Waals surface area contributed by atoms with E-state index >= 15 is 0 Å². The van der Waals surface area contributed by atoms with Crippen LogP contribution in [0.1, 0.15) is 23.2 Å². The number of rotatable bonds is 7. The number of aromatic nitrogens is 1. The van der Waals surface area contributed by atoms with Crippen molar-refractivity contribution in [2.75, 3.05) is 31.7 Å². The van der Waals surface area contributed by atoms with Gasteiger partial charge in [0.25, 0.3) is 0 Å². The van der Waals surface area contributed by atoms with Crippen LogP contribution in [0.15, 0.2) is 18.3 Å². The predicted octanol–water partition coefficient (Wildman–Crippen LogP) is 1.64. The molecule has 1 N–H and O–H groups in total. The molecule has 0 bridgehead atoms. The van der Waals surface area contributed by atoms with Crippen molar-refractivity contribution >= 4 is 11.8 Å². The molecule has 98 valence electrons. The van der Waals surface area contributed by atoms with Crippen molar-refractivity contribution in [2.24, 2.45) is 5.92 Å². The number of hydrogen-bond acceptors (Lipinski definition) is 4. The fourth-order valence-corrected chi connectivity index (χ4v) is 1.71. The number of carboxylic acids is 1. The van der Waals surface area contributed by atoms with E-state index in [0.717, 1.165) is 12.5 Å². The van der Waals surface area contributed by atoms with Crippen LogP contribution in [0.25, 0.3) is 0 Å². The van der Waals surface area contributed by atoms with Crippen LogP contribution < -0.4 is 4.90 Å². The van der Waals surface area contributed by atoms with Gasteiger partial charge in [-0.25, -0.2) is 9.78 Å². The van der Waals surface area contributed by atoms with Gasteiger partial charge < -0.3 is 14.7 Å². The summed E-state index contributed by atoms with van der Waals surface area (Å²) in [6.45, 7) is 2.06. The van der Waals surface area contributed by atoms with Gasteiger partial charge in [-0.05, 0) is 30.9 Å². The highest BCUT2D eigenvalue weighted by Gasteiger charge is 2.21. The Bertz CT molecular complexity index is 418. The Morgan fingerprint density at radius 2 is 2.39 bits per heavy atom. The van der Waals surface area contributed by atoms with Crippen molar-refractivity contribution in [3.63, 3.8) is 0 Å². The van der Waals surface area contributed by atoms with E-state index in [9.17, 15) is 4.79 Å². The quantitative estimate of drug-likeness (QED) is 0.745. The van der Waals surface area contributed by atoms with Gasteiger partial charge in [0.15, 0.2) is 0 Å². The molecule has 0 spiro atoms. The molecule has 5 heteroatoms. The molecule has 1 heterocycles. The number of pyridine rings is 1. The summed E-state index contributed by atoms with van der Waals surface area (Å²) in [7, 11) is 1.83. The summed E-state index contributed by atoms with van der Waals surface area (Å²) in [5.74, 6) is 0.281. The first-order chi connectivity index (χ1) is 8.68. The lowest BCUT2D eigenvalue weighted by atomic mass is 10.2. The number of likely N-dealkylation sites (N-methyl/N-ethyl adjacent to an activating group) is 1. The summed E-state index contributed by atoms with van der Waals surface area (Å²) in [6, 6.07) is 3.19. The van der Waals surface area contributed by atoms with E-state index < -0.39 is 5.97 Å². The molecule has 1 aromatic heterocycles. The maximum Gasteiger partial charge on any atom is 0.339 e. The molecule has 0 unspecified atom stereocenters. The van der Waals surface area contributed by atoms with Crippen LogP contribution in [0, 0.1) is 5.92 Å². The lowest BCUT2D eigenvalue weighted by Crippen LogP contribution is -2.25. The topological polar surface area (TPSA) is 62.7 Å². The van der Waals surface area contributed by atoms with Gasteiger partial charge in [0.2, 0.25) is 0 Å². The average Bonchev–Trinajstić information content (AvgIpc) is 3.18. The van der Waals surface area contributed by atoms with Crippen LogP contribution in [-0.4, -0.2) is 42.9 Å². The Morgan fingerprint density at radius 1 is 1.61 bits per heavy atom. The van der Waals surface area contributed by atoms with Crippen molar-refractivity contribution in [1.29, 1.82) is 0 Å². The summed E-state index contributed by atoms with van der Waals surface area (Å²) in [5.41, 5.74) is 0.224. The third kappa shape index (κ3) is 3.43. The Hall–Kier alpha value is -1.62.